The van der Waals surface area contributed by atoms with Crippen molar-refractivity contribution in [2.75, 3.05) is 38.0 Å². The Labute approximate surface area is 264 Å². The second-order valence-electron chi connectivity index (χ2n) is 12.1. The number of thiazole rings is 1. The van der Waals surface area contributed by atoms with Crippen molar-refractivity contribution >= 4 is 38.5 Å². The largest absolute Gasteiger partial charge is 0.416 e. The number of piperazine rings is 1. The standard InChI is InChI=1S/C34H36F3N5O2S/c1-3-41-10-12-42(13-11-41)20-24-14-23(15-26(16-24)34(35,36)37)18-27(43)17-22-5-4-21(2)28(19-22)29-8-9-30-32(38-29)45-33(39-30)40-31(44)25-6-7-25/h4-5,8-9,14-16,19,25H,3,6-7,10-13,17-18,20H2,1-2H3,(H,39,40,44). The van der Waals surface area contributed by atoms with Gasteiger partial charge in [0.05, 0.1) is 11.3 Å². The minimum absolute atomic E-state index is 0.00526. The van der Waals surface area contributed by atoms with Crippen molar-refractivity contribution in [3.8, 4) is 11.3 Å². The molecule has 4 aromatic rings. The van der Waals surface area contributed by atoms with Gasteiger partial charge in [0.25, 0.3) is 0 Å². The summed E-state index contributed by atoms with van der Waals surface area (Å²) in [6.07, 6.45) is -2.65. The lowest BCUT2D eigenvalue weighted by atomic mass is 9.96. The molecule has 45 heavy (non-hydrogen) atoms. The Morgan fingerprint density at radius 1 is 0.911 bits per heavy atom. The number of ketones is 1. The van der Waals surface area contributed by atoms with Crippen LogP contribution in [-0.2, 0) is 35.2 Å². The van der Waals surface area contributed by atoms with Crippen molar-refractivity contribution in [3.05, 3.63) is 76.3 Å². The fourth-order valence-electron chi connectivity index (χ4n) is 5.79. The van der Waals surface area contributed by atoms with E-state index in [4.69, 9.17) is 4.98 Å². The molecule has 2 aliphatic rings. The Kier molecular flexibility index (Phi) is 9.03. The molecule has 0 atom stereocenters. The summed E-state index contributed by atoms with van der Waals surface area (Å²) in [6, 6.07) is 13.5. The van der Waals surface area contributed by atoms with Crippen LogP contribution in [0, 0.1) is 12.8 Å². The zero-order valence-corrected chi connectivity index (χ0v) is 26.2. The Morgan fingerprint density at radius 3 is 2.33 bits per heavy atom. The van der Waals surface area contributed by atoms with Gasteiger partial charge >= 0.3 is 6.18 Å². The van der Waals surface area contributed by atoms with Crippen molar-refractivity contribution in [2.45, 2.75) is 52.3 Å². The summed E-state index contributed by atoms with van der Waals surface area (Å²) < 4.78 is 41.4. The molecule has 236 valence electrons. The number of nitrogens with one attached hydrogen (secondary N) is 1. The van der Waals surface area contributed by atoms with Crippen LogP contribution in [0.25, 0.3) is 21.6 Å². The fraction of sp³-hybridized carbons (Fsp3) is 0.412. The average molecular weight is 636 g/mol. The van der Waals surface area contributed by atoms with Gasteiger partial charge in [-0.1, -0.05) is 36.5 Å². The number of aromatic nitrogens is 2. The number of Topliss-reactive ketones (excluding diaryl/α,β-unsaturated/α-hetero) is 1. The molecule has 1 aliphatic carbocycles. The molecule has 0 spiro atoms. The number of carbonyl (C=O) groups excluding carboxylic acids is 2. The molecule has 2 aromatic heterocycles. The predicted molar refractivity (Wildman–Crippen MR) is 170 cm³/mol. The topological polar surface area (TPSA) is 78.4 Å². The smallest absolute Gasteiger partial charge is 0.302 e. The molecular weight excluding hydrogens is 599 g/mol. The van der Waals surface area contributed by atoms with Crippen molar-refractivity contribution in [1.82, 2.24) is 19.8 Å². The first-order chi connectivity index (χ1) is 21.5. The van der Waals surface area contributed by atoms with Crippen LogP contribution in [0.15, 0.2) is 48.5 Å². The lowest BCUT2D eigenvalue weighted by molar-refractivity contribution is -0.137. The molecule has 1 amide bonds. The van der Waals surface area contributed by atoms with Gasteiger partial charge in [0.15, 0.2) is 5.13 Å². The maximum absolute atomic E-state index is 13.8. The maximum atomic E-state index is 13.8. The minimum atomic E-state index is -4.49. The number of fused-ring (bicyclic) bond motifs is 1. The molecule has 1 aliphatic heterocycles. The van der Waals surface area contributed by atoms with E-state index in [9.17, 15) is 22.8 Å². The summed E-state index contributed by atoms with van der Waals surface area (Å²) in [6.45, 7) is 8.86. The van der Waals surface area contributed by atoms with E-state index in [-0.39, 0.29) is 30.4 Å². The molecule has 0 unspecified atom stereocenters. The number of pyridine rings is 1. The summed E-state index contributed by atoms with van der Waals surface area (Å²) in [7, 11) is 0. The summed E-state index contributed by atoms with van der Waals surface area (Å²) in [5.41, 5.74) is 4.28. The van der Waals surface area contributed by atoms with Crippen molar-refractivity contribution < 1.29 is 22.8 Å². The van der Waals surface area contributed by atoms with Crippen molar-refractivity contribution in [1.29, 1.82) is 0 Å². The SMILES string of the molecule is CCN1CCN(Cc2cc(CC(=O)Cc3ccc(C)c(-c4ccc5nc(NC(=O)C6CC6)sc5n4)c3)cc(C(F)(F)F)c2)CC1. The number of benzene rings is 2. The maximum Gasteiger partial charge on any atom is 0.416 e. The highest BCUT2D eigenvalue weighted by atomic mass is 32.1. The highest BCUT2D eigenvalue weighted by Gasteiger charge is 2.32. The van der Waals surface area contributed by atoms with Crippen LogP contribution in [0.4, 0.5) is 18.3 Å². The number of likely N-dealkylation sites (N-methyl/N-ethyl adjacent to an activating group) is 1. The minimum Gasteiger partial charge on any atom is -0.302 e. The molecule has 1 N–H and O–H groups in total. The van der Waals surface area contributed by atoms with Gasteiger partial charge in [0, 0.05) is 57.0 Å². The van der Waals surface area contributed by atoms with Crippen molar-refractivity contribution in [2.24, 2.45) is 5.92 Å². The highest BCUT2D eigenvalue weighted by Crippen LogP contribution is 2.34. The van der Waals surface area contributed by atoms with E-state index in [1.807, 2.05) is 37.3 Å². The Balaban J connectivity index is 1.16. The third kappa shape index (κ3) is 7.77. The van der Waals surface area contributed by atoms with Gasteiger partial charge < -0.3 is 10.2 Å². The van der Waals surface area contributed by atoms with Crippen LogP contribution in [0.1, 0.15) is 47.6 Å². The number of halogens is 3. The van der Waals surface area contributed by atoms with E-state index in [2.05, 4.69) is 27.0 Å². The van der Waals surface area contributed by atoms with Crippen LogP contribution in [0.5, 0.6) is 0 Å². The van der Waals surface area contributed by atoms with Gasteiger partial charge in [0.1, 0.15) is 16.1 Å². The monoisotopic (exact) mass is 635 g/mol. The zero-order valence-electron chi connectivity index (χ0n) is 25.4. The highest BCUT2D eigenvalue weighted by molar-refractivity contribution is 7.22. The second kappa shape index (κ2) is 13.0. The first-order valence-electron chi connectivity index (χ1n) is 15.4. The van der Waals surface area contributed by atoms with Gasteiger partial charge in [0.2, 0.25) is 5.91 Å². The van der Waals surface area contributed by atoms with Gasteiger partial charge in [-0.3, -0.25) is 14.5 Å². The number of anilines is 1. The quantitative estimate of drug-likeness (QED) is 0.214. The molecule has 0 radical (unpaired) electrons. The third-order valence-electron chi connectivity index (χ3n) is 8.51. The number of hydrogen-bond donors (Lipinski definition) is 1. The van der Waals surface area contributed by atoms with E-state index < -0.39 is 11.7 Å². The molecule has 1 saturated heterocycles. The number of nitrogens with zero attached hydrogens (tertiary/aromatic N) is 4. The van der Waals surface area contributed by atoms with Gasteiger partial charge in [-0.15, -0.1) is 0 Å². The number of hydrogen-bond acceptors (Lipinski definition) is 7. The lowest BCUT2D eigenvalue weighted by Gasteiger charge is -2.34. The van der Waals surface area contributed by atoms with E-state index in [1.54, 1.807) is 6.07 Å². The summed E-state index contributed by atoms with van der Waals surface area (Å²) in [5, 5.41) is 3.41. The molecule has 2 aromatic carbocycles. The molecule has 7 nitrogen and oxygen atoms in total. The molecular formula is C34H36F3N5O2S. The van der Waals surface area contributed by atoms with Crippen LogP contribution in [0.3, 0.4) is 0 Å². The molecule has 6 rings (SSSR count). The van der Waals surface area contributed by atoms with Crippen molar-refractivity contribution in [3.63, 3.8) is 0 Å². The Morgan fingerprint density at radius 2 is 1.62 bits per heavy atom. The molecule has 1 saturated carbocycles. The van der Waals surface area contributed by atoms with Gasteiger partial charge in [-0.25, -0.2) is 9.97 Å². The zero-order chi connectivity index (χ0) is 31.7. The molecule has 0 bridgehead atoms. The van der Waals surface area contributed by atoms with Crippen LogP contribution < -0.4 is 5.32 Å². The Bertz CT molecular complexity index is 1720. The Hall–Kier alpha value is -3.67. The second-order valence-corrected chi connectivity index (χ2v) is 13.1. The third-order valence-corrected chi connectivity index (χ3v) is 9.39. The first kappa shape index (κ1) is 31.3. The van der Waals surface area contributed by atoms with Gasteiger partial charge in [-0.2, -0.15) is 13.2 Å². The number of rotatable bonds is 10. The van der Waals surface area contributed by atoms with Crippen LogP contribution in [0.2, 0.25) is 0 Å². The number of carbonyl (C=O) groups is 2. The number of amides is 1. The fourth-order valence-corrected chi connectivity index (χ4v) is 6.63. The normalized spacial score (nSPS) is 16.3. The van der Waals surface area contributed by atoms with E-state index in [0.717, 1.165) is 74.0 Å². The summed E-state index contributed by atoms with van der Waals surface area (Å²) in [4.78, 5) is 39.8. The van der Waals surface area contributed by atoms with Crippen LogP contribution >= 0.6 is 11.3 Å². The number of alkyl halides is 3. The number of aryl methyl sites for hydroxylation is 1. The predicted octanol–water partition coefficient (Wildman–Crippen LogP) is 6.53. The molecule has 2 fully saturated rings. The van der Waals surface area contributed by atoms with Crippen LogP contribution in [-0.4, -0.2) is 64.2 Å². The van der Waals surface area contributed by atoms with E-state index in [0.29, 0.717) is 33.2 Å². The van der Waals surface area contributed by atoms with Gasteiger partial charge in [-0.05, 0) is 78.9 Å². The summed E-state index contributed by atoms with van der Waals surface area (Å²) >= 11 is 1.32. The summed E-state index contributed by atoms with van der Waals surface area (Å²) in [5.74, 6) is -0.0843. The average Bonchev–Trinajstić information content (AvgIpc) is 3.78. The first-order valence-corrected chi connectivity index (χ1v) is 16.2. The van der Waals surface area contributed by atoms with E-state index in [1.165, 1.54) is 17.4 Å². The molecule has 3 heterocycles. The molecule has 11 heteroatoms. The van der Waals surface area contributed by atoms with E-state index >= 15 is 0 Å². The lowest BCUT2D eigenvalue weighted by Crippen LogP contribution is -2.45.